The number of nitrogens with zero attached hydrogens (tertiary/aromatic N) is 1. The standard InChI is InChI=1S/C19H27N5O7/c1-29-16-13-14(7-9-17(25)22-10-2-3-11-23-19(20)21)6-8-15(16)31-18(26)5-4-12-30-24(27)28/h6-9,13H,2-5,10-12H2,1H3,(H,22,25)(H4,20,21,23)/b9-7+. The van der Waals surface area contributed by atoms with Gasteiger partial charge in [-0.15, -0.1) is 10.1 Å². The number of carbonyl (C=O) groups excluding carboxylic acids is 2. The number of unbranched alkanes of at least 4 members (excludes halogenated alkanes) is 1. The fourth-order valence-corrected chi connectivity index (χ4v) is 2.32. The molecule has 0 saturated heterocycles. The Morgan fingerprint density at radius 2 is 1.90 bits per heavy atom. The molecule has 1 rings (SSSR count). The van der Waals surface area contributed by atoms with E-state index in [1.54, 1.807) is 18.2 Å². The number of esters is 1. The van der Waals surface area contributed by atoms with Gasteiger partial charge >= 0.3 is 5.97 Å². The Bertz CT molecular complexity index is 798. The molecule has 0 unspecified atom stereocenters. The van der Waals surface area contributed by atoms with Gasteiger partial charge in [-0.1, -0.05) is 6.07 Å². The average molecular weight is 437 g/mol. The minimum Gasteiger partial charge on any atom is -0.493 e. The molecule has 1 aromatic rings. The van der Waals surface area contributed by atoms with Gasteiger partial charge in [0.2, 0.25) is 5.91 Å². The van der Waals surface area contributed by atoms with E-state index in [0.29, 0.717) is 24.4 Å². The summed E-state index contributed by atoms with van der Waals surface area (Å²) >= 11 is 0. The van der Waals surface area contributed by atoms with Gasteiger partial charge in [0, 0.05) is 25.6 Å². The number of carbonyl (C=O) groups is 2. The second-order valence-corrected chi connectivity index (χ2v) is 6.22. The average Bonchev–Trinajstić information content (AvgIpc) is 2.72. The summed E-state index contributed by atoms with van der Waals surface area (Å²) in [5, 5.41) is 21.6. The lowest BCUT2D eigenvalue weighted by Gasteiger charge is -2.10. The topological polar surface area (TPSA) is 179 Å². The number of nitrogens with two attached hydrogens (primary N) is 1. The van der Waals surface area contributed by atoms with E-state index in [4.69, 9.17) is 20.6 Å². The van der Waals surface area contributed by atoms with Crippen LogP contribution < -0.4 is 25.8 Å². The quantitative estimate of drug-likeness (QED) is 0.0482. The monoisotopic (exact) mass is 437 g/mol. The molecule has 0 bridgehead atoms. The molecule has 170 valence electrons. The summed E-state index contributed by atoms with van der Waals surface area (Å²) in [5.74, 6) is -0.415. The second kappa shape index (κ2) is 14.2. The van der Waals surface area contributed by atoms with Crippen LogP contribution in [0, 0.1) is 15.5 Å². The van der Waals surface area contributed by atoms with E-state index in [-0.39, 0.29) is 37.1 Å². The van der Waals surface area contributed by atoms with Gasteiger partial charge < -0.3 is 30.7 Å². The maximum atomic E-state index is 11.9. The summed E-state index contributed by atoms with van der Waals surface area (Å²) in [7, 11) is 1.42. The number of amides is 1. The Morgan fingerprint density at radius 3 is 2.55 bits per heavy atom. The SMILES string of the molecule is COc1cc(/C=C/C(=O)NCCCCNC(=N)N)ccc1OC(=O)CCCO[N+](=O)[O-]. The molecule has 1 aromatic carbocycles. The lowest BCUT2D eigenvalue weighted by molar-refractivity contribution is -0.757. The minimum absolute atomic E-state index is 0.0520. The van der Waals surface area contributed by atoms with Crippen molar-refractivity contribution in [3.05, 3.63) is 40.0 Å². The van der Waals surface area contributed by atoms with Crippen molar-refractivity contribution in [3.63, 3.8) is 0 Å². The highest BCUT2D eigenvalue weighted by atomic mass is 16.9. The molecule has 5 N–H and O–H groups in total. The molecule has 31 heavy (non-hydrogen) atoms. The number of guanidine groups is 1. The lowest BCUT2D eigenvalue weighted by Crippen LogP contribution is -2.31. The molecule has 12 heteroatoms. The third-order valence-electron chi connectivity index (χ3n) is 3.78. The van der Waals surface area contributed by atoms with Crippen molar-refractivity contribution in [1.82, 2.24) is 10.6 Å². The van der Waals surface area contributed by atoms with Gasteiger partial charge in [-0.25, -0.2) is 0 Å². The van der Waals surface area contributed by atoms with Crippen LogP contribution in [0.25, 0.3) is 6.08 Å². The summed E-state index contributed by atoms with van der Waals surface area (Å²) in [6, 6.07) is 4.79. The number of nitrogens with one attached hydrogen (secondary N) is 3. The summed E-state index contributed by atoms with van der Waals surface area (Å²) in [6.07, 6.45) is 4.57. The first-order valence-electron chi connectivity index (χ1n) is 9.51. The van der Waals surface area contributed by atoms with Crippen LogP contribution >= 0.6 is 0 Å². The predicted octanol–water partition coefficient (Wildman–Crippen LogP) is 0.982. The summed E-state index contributed by atoms with van der Waals surface area (Å²) in [5.41, 5.74) is 5.84. The van der Waals surface area contributed by atoms with Crippen molar-refractivity contribution >= 4 is 23.9 Å². The molecule has 1 amide bonds. The van der Waals surface area contributed by atoms with E-state index in [9.17, 15) is 19.7 Å². The molecule has 0 saturated carbocycles. The second-order valence-electron chi connectivity index (χ2n) is 6.22. The zero-order chi connectivity index (χ0) is 23.1. The van der Waals surface area contributed by atoms with Gasteiger partial charge in [0.15, 0.2) is 17.5 Å². The Morgan fingerprint density at radius 1 is 1.19 bits per heavy atom. The van der Waals surface area contributed by atoms with Gasteiger partial charge in [-0.05, 0) is 43.0 Å². The zero-order valence-electron chi connectivity index (χ0n) is 17.2. The maximum absolute atomic E-state index is 11.9. The lowest BCUT2D eigenvalue weighted by atomic mass is 10.2. The first-order chi connectivity index (χ1) is 14.8. The van der Waals surface area contributed by atoms with Crippen LogP contribution in [0.5, 0.6) is 11.5 Å². The third-order valence-corrected chi connectivity index (χ3v) is 3.78. The van der Waals surface area contributed by atoms with Crippen LogP contribution in [0.2, 0.25) is 0 Å². The van der Waals surface area contributed by atoms with E-state index < -0.39 is 11.1 Å². The molecule has 0 aliphatic heterocycles. The van der Waals surface area contributed by atoms with Crippen LogP contribution in [0.15, 0.2) is 24.3 Å². The highest BCUT2D eigenvalue weighted by Gasteiger charge is 2.11. The van der Waals surface area contributed by atoms with Crippen molar-refractivity contribution in [1.29, 1.82) is 5.41 Å². The molecule has 0 aliphatic carbocycles. The molecule has 0 radical (unpaired) electrons. The highest BCUT2D eigenvalue weighted by molar-refractivity contribution is 5.91. The predicted molar refractivity (Wildman–Crippen MR) is 112 cm³/mol. The first kappa shape index (κ1) is 25.2. The van der Waals surface area contributed by atoms with E-state index in [1.807, 2.05) is 0 Å². The molecule has 0 aromatic heterocycles. The fourth-order valence-electron chi connectivity index (χ4n) is 2.32. The largest absolute Gasteiger partial charge is 0.493 e. The Hall–Kier alpha value is -3.83. The number of hydrogen-bond acceptors (Lipinski definition) is 8. The van der Waals surface area contributed by atoms with Crippen molar-refractivity contribution in [2.24, 2.45) is 5.73 Å². The highest BCUT2D eigenvalue weighted by Crippen LogP contribution is 2.29. The first-order valence-corrected chi connectivity index (χ1v) is 9.51. The van der Waals surface area contributed by atoms with Gasteiger partial charge in [-0.2, -0.15) is 0 Å². The number of ether oxygens (including phenoxy) is 2. The molecule has 0 heterocycles. The Labute approximate surface area is 179 Å². The number of hydrogen-bond donors (Lipinski definition) is 4. The minimum atomic E-state index is -0.921. The molecule has 0 atom stereocenters. The molecule has 0 aliphatic rings. The van der Waals surface area contributed by atoms with Crippen LogP contribution in [0.3, 0.4) is 0 Å². The van der Waals surface area contributed by atoms with Crippen LogP contribution in [0.1, 0.15) is 31.2 Å². The molecule has 0 fully saturated rings. The number of methoxy groups -OCH3 is 1. The van der Waals surface area contributed by atoms with Crippen molar-refractivity contribution in [3.8, 4) is 11.5 Å². The van der Waals surface area contributed by atoms with Crippen molar-refractivity contribution in [2.75, 3.05) is 26.8 Å². The van der Waals surface area contributed by atoms with Gasteiger partial charge in [0.25, 0.3) is 5.09 Å². The maximum Gasteiger partial charge on any atom is 0.311 e. The fraction of sp³-hybridized carbons (Fsp3) is 0.421. The van der Waals surface area contributed by atoms with Gasteiger partial charge in [-0.3, -0.25) is 15.0 Å². The molecular weight excluding hydrogens is 410 g/mol. The zero-order valence-corrected chi connectivity index (χ0v) is 17.2. The van der Waals surface area contributed by atoms with Crippen LogP contribution in [-0.4, -0.2) is 49.7 Å². The summed E-state index contributed by atoms with van der Waals surface area (Å²) in [6.45, 7) is 0.873. The molecular formula is C19H27N5O7. The Balaban J connectivity index is 2.46. The third kappa shape index (κ3) is 11.7. The Kier molecular flexibility index (Phi) is 11.5. The van der Waals surface area contributed by atoms with Gasteiger partial charge in [0.1, 0.15) is 0 Å². The molecule has 12 nitrogen and oxygen atoms in total. The normalized spacial score (nSPS) is 10.4. The number of benzene rings is 1. The number of rotatable bonds is 14. The van der Waals surface area contributed by atoms with E-state index in [0.717, 1.165) is 12.8 Å². The summed E-state index contributed by atoms with van der Waals surface area (Å²) < 4.78 is 10.4. The summed E-state index contributed by atoms with van der Waals surface area (Å²) in [4.78, 5) is 37.9. The molecule has 0 spiro atoms. The smallest absolute Gasteiger partial charge is 0.311 e. The van der Waals surface area contributed by atoms with E-state index in [2.05, 4.69) is 15.5 Å². The van der Waals surface area contributed by atoms with Crippen LogP contribution in [-0.2, 0) is 14.4 Å². The van der Waals surface area contributed by atoms with E-state index in [1.165, 1.54) is 19.3 Å². The van der Waals surface area contributed by atoms with E-state index >= 15 is 0 Å². The van der Waals surface area contributed by atoms with Crippen molar-refractivity contribution < 1.29 is 29.0 Å². The van der Waals surface area contributed by atoms with Crippen LogP contribution in [0.4, 0.5) is 0 Å². The van der Waals surface area contributed by atoms with Gasteiger partial charge in [0.05, 0.1) is 13.7 Å². The van der Waals surface area contributed by atoms with Crippen molar-refractivity contribution in [2.45, 2.75) is 25.7 Å².